The summed E-state index contributed by atoms with van der Waals surface area (Å²) in [5.41, 5.74) is 3.11. The van der Waals surface area contributed by atoms with E-state index in [2.05, 4.69) is 0 Å². The number of halogens is 4. The van der Waals surface area contributed by atoms with Gasteiger partial charge in [0, 0.05) is 17.5 Å². The summed E-state index contributed by atoms with van der Waals surface area (Å²) in [7, 11) is 0. The van der Waals surface area contributed by atoms with E-state index >= 15 is 0 Å². The maximum absolute atomic E-state index is 13.8. The molecule has 2 aliphatic rings. The lowest BCUT2D eigenvalue weighted by Gasteiger charge is -2.31. The highest BCUT2D eigenvalue weighted by Crippen LogP contribution is 2.55. The summed E-state index contributed by atoms with van der Waals surface area (Å²) in [5, 5.41) is 0. The van der Waals surface area contributed by atoms with Gasteiger partial charge in [-0.05, 0) is 24.0 Å². The Morgan fingerprint density at radius 3 is 2.50 bits per heavy atom. The molecule has 3 nitrogen and oxygen atoms in total. The van der Waals surface area contributed by atoms with Crippen molar-refractivity contribution in [2.75, 3.05) is 6.61 Å². The zero-order valence-electron chi connectivity index (χ0n) is 12.3. The maximum Gasteiger partial charge on any atom is 0.421 e. The van der Waals surface area contributed by atoms with Crippen LogP contribution in [0, 0.1) is 5.82 Å². The highest BCUT2D eigenvalue weighted by Gasteiger charge is 2.73. The predicted octanol–water partition coefficient (Wildman–Crippen LogP) is 3.04. The number of alkyl halides is 3. The molecule has 22 heavy (non-hydrogen) atoms. The fraction of sp³-hybridized carbons (Fsp3) is 0.600. The molecule has 1 aromatic carbocycles. The summed E-state index contributed by atoms with van der Waals surface area (Å²) < 4.78 is 63.7. The quantitative estimate of drug-likeness (QED) is 0.688. The number of fused-ring (bicyclic) bond motifs is 1. The first-order chi connectivity index (χ1) is 10.1. The second-order valence-electron chi connectivity index (χ2n) is 6.53. The zero-order valence-corrected chi connectivity index (χ0v) is 12.3. The highest BCUT2D eigenvalue weighted by molar-refractivity contribution is 5.48. The highest BCUT2D eigenvalue weighted by atomic mass is 19.4. The molecule has 0 aliphatic carbocycles. The molecule has 0 radical (unpaired) electrons. The number of hydrogen-bond donors (Lipinski definition) is 1. The molecule has 2 heterocycles. The predicted molar refractivity (Wildman–Crippen MR) is 71.1 cm³/mol. The molecule has 2 aliphatic heterocycles. The minimum atomic E-state index is -4.57. The normalized spacial score (nSPS) is 27.5. The third-order valence-corrected chi connectivity index (χ3v) is 4.40. The largest absolute Gasteiger partial charge is 0.493 e. The Morgan fingerprint density at radius 1 is 1.32 bits per heavy atom. The van der Waals surface area contributed by atoms with Gasteiger partial charge in [-0.15, -0.1) is 0 Å². The third-order valence-electron chi connectivity index (χ3n) is 4.40. The Hall–Kier alpha value is -1.34. The van der Waals surface area contributed by atoms with E-state index in [0.29, 0.717) is 29.9 Å². The molecular formula is C15H17F4NO2. The van der Waals surface area contributed by atoms with Crippen LogP contribution in [0.25, 0.3) is 0 Å². The van der Waals surface area contributed by atoms with Gasteiger partial charge in [0.1, 0.15) is 17.8 Å². The van der Waals surface area contributed by atoms with Gasteiger partial charge in [0.25, 0.3) is 0 Å². The van der Waals surface area contributed by atoms with Crippen LogP contribution in [0.15, 0.2) is 12.1 Å². The van der Waals surface area contributed by atoms with Crippen molar-refractivity contribution in [1.29, 1.82) is 0 Å². The lowest BCUT2D eigenvalue weighted by atomic mass is 9.75. The first-order valence-corrected chi connectivity index (χ1v) is 7.03. The monoisotopic (exact) mass is 319 g/mol. The van der Waals surface area contributed by atoms with Gasteiger partial charge in [-0.1, -0.05) is 13.8 Å². The molecule has 1 saturated heterocycles. The number of benzene rings is 1. The van der Waals surface area contributed by atoms with Crippen molar-refractivity contribution in [2.45, 2.75) is 50.1 Å². The van der Waals surface area contributed by atoms with Crippen LogP contribution in [0.2, 0.25) is 0 Å². The van der Waals surface area contributed by atoms with E-state index in [1.54, 1.807) is 13.8 Å². The van der Waals surface area contributed by atoms with E-state index < -0.39 is 29.2 Å². The van der Waals surface area contributed by atoms with Crippen LogP contribution < -0.4 is 10.5 Å². The molecule has 3 rings (SSSR count). The minimum absolute atomic E-state index is 0.385. The van der Waals surface area contributed by atoms with Crippen LogP contribution in [0.5, 0.6) is 5.75 Å². The molecule has 0 spiro atoms. The molecule has 0 bridgehead atoms. The average molecular weight is 319 g/mol. The van der Waals surface area contributed by atoms with Gasteiger partial charge in [0.15, 0.2) is 0 Å². The van der Waals surface area contributed by atoms with E-state index in [-0.39, 0.29) is 6.42 Å². The number of rotatable bonds is 3. The van der Waals surface area contributed by atoms with E-state index in [9.17, 15) is 17.6 Å². The van der Waals surface area contributed by atoms with Gasteiger partial charge in [0.05, 0.1) is 6.61 Å². The molecular weight excluding hydrogens is 302 g/mol. The van der Waals surface area contributed by atoms with Gasteiger partial charge in [-0.2, -0.15) is 13.2 Å². The standard InChI is InChI=1S/C15H17F4NO2/c1-13(2,7-14(12(20)22-14)15(17,18)19)10-6-9(16)5-8-3-4-21-11(8)10/h5-6,12H,3-4,7,20H2,1-2H3/t12-,14?/m0/s1. The molecule has 1 unspecified atom stereocenters. The number of ether oxygens (including phenoxy) is 2. The van der Waals surface area contributed by atoms with Crippen molar-refractivity contribution >= 4 is 0 Å². The van der Waals surface area contributed by atoms with Gasteiger partial charge in [-0.25, -0.2) is 4.39 Å². The summed E-state index contributed by atoms with van der Waals surface area (Å²) in [5.74, 6) is 0.00680. The topological polar surface area (TPSA) is 47.8 Å². The van der Waals surface area contributed by atoms with Gasteiger partial charge >= 0.3 is 6.18 Å². The van der Waals surface area contributed by atoms with Crippen molar-refractivity contribution in [3.63, 3.8) is 0 Å². The van der Waals surface area contributed by atoms with Gasteiger partial charge < -0.3 is 15.2 Å². The van der Waals surface area contributed by atoms with Gasteiger partial charge in [0.2, 0.25) is 5.60 Å². The SMILES string of the molecule is CC(C)(CC1(C(F)(F)F)O[C@@H]1N)c1cc(F)cc2c1OCC2. The first-order valence-electron chi connectivity index (χ1n) is 7.03. The molecule has 0 amide bonds. The van der Waals surface area contributed by atoms with Crippen LogP contribution >= 0.6 is 0 Å². The number of nitrogens with two attached hydrogens (primary N) is 1. The molecule has 2 atom stereocenters. The third kappa shape index (κ3) is 2.27. The van der Waals surface area contributed by atoms with Crippen LogP contribution in [-0.4, -0.2) is 24.6 Å². The van der Waals surface area contributed by atoms with E-state index in [4.69, 9.17) is 15.2 Å². The molecule has 122 valence electrons. The summed E-state index contributed by atoms with van der Waals surface area (Å²) in [6, 6.07) is 2.60. The number of epoxide rings is 1. The second kappa shape index (κ2) is 4.58. The Morgan fingerprint density at radius 2 is 1.95 bits per heavy atom. The van der Waals surface area contributed by atoms with Crippen molar-refractivity contribution in [1.82, 2.24) is 0 Å². The summed E-state index contributed by atoms with van der Waals surface area (Å²) >= 11 is 0. The van der Waals surface area contributed by atoms with E-state index in [1.807, 2.05) is 0 Å². The van der Waals surface area contributed by atoms with Crippen LogP contribution in [0.4, 0.5) is 17.6 Å². The molecule has 1 fully saturated rings. The smallest absolute Gasteiger partial charge is 0.421 e. The van der Waals surface area contributed by atoms with E-state index in [1.165, 1.54) is 12.1 Å². The van der Waals surface area contributed by atoms with E-state index in [0.717, 1.165) is 0 Å². The Labute approximate surface area is 125 Å². The lowest BCUT2D eigenvalue weighted by molar-refractivity contribution is -0.189. The molecule has 2 N–H and O–H groups in total. The fourth-order valence-electron chi connectivity index (χ4n) is 3.19. The first kappa shape index (κ1) is 15.6. The van der Waals surface area contributed by atoms with Crippen molar-refractivity contribution in [3.8, 4) is 5.75 Å². The van der Waals surface area contributed by atoms with Crippen molar-refractivity contribution in [2.24, 2.45) is 5.73 Å². The maximum atomic E-state index is 13.8. The molecule has 0 aromatic heterocycles. The number of hydrogen-bond acceptors (Lipinski definition) is 3. The Kier molecular flexibility index (Phi) is 3.24. The minimum Gasteiger partial charge on any atom is -0.493 e. The zero-order chi connectivity index (χ0) is 16.3. The molecule has 0 saturated carbocycles. The lowest BCUT2D eigenvalue weighted by Crippen LogP contribution is -2.42. The summed E-state index contributed by atoms with van der Waals surface area (Å²) in [6.45, 7) is 3.64. The van der Waals surface area contributed by atoms with Crippen molar-refractivity contribution < 1.29 is 27.0 Å². The Bertz CT molecular complexity index is 614. The molecule has 1 aromatic rings. The van der Waals surface area contributed by atoms with Gasteiger partial charge in [-0.3, -0.25) is 0 Å². The second-order valence-corrected chi connectivity index (χ2v) is 6.53. The average Bonchev–Trinajstić information content (AvgIpc) is 2.83. The van der Waals surface area contributed by atoms with Crippen LogP contribution in [0.3, 0.4) is 0 Å². The summed E-state index contributed by atoms with van der Waals surface area (Å²) in [6.07, 6.45) is -5.78. The van der Waals surface area contributed by atoms with Crippen LogP contribution in [-0.2, 0) is 16.6 Å². The Balaban J connectivity index is 1.98. The van der Waals surface area contributed by atoms with Crippen molar-refractivity contribution in [3.05, 3.63) is 29.1 Å². The summed E-state index contributed by atoms with van der Waals surface area (Å²) in [4.78, 5) is 0. The van der Waals surface area contributed by atoms with Crippen LogP contribution in [0.1, 0.15) is 31.4 Å². The fourth-order valence-corrected chi connectivity index (χ4v) is 3.19. The molecule has 7 heteroatoms.